The van der Waals surface area contributed by atoms with E-state index in [9.17, 15) is 9.59 Å². The van der Waals surface area contributed by atoms with Crippen molar-refractivity contribution in [3.63, 3.8) is 0 Å². The van der Waals surface area contributed by atoms with E-state index >= 15 is 0 Å². The van der Waals surface area contributed by atoms with Gasteiger partial charge >= 0.3 is 0 Å². The quantitative estimate of drug-likeness (QED) is 0.183. The summed E-state index contributed by atoms with van der Waals surface area (Å²) >= 11 is 0. The number of hydrogen-bond acceptors (Lipinski definition) is 7. The summed E-state index contributed by atoms with van der Waals surface area (Å²) in [6, 6.07) is 16.6. The third-order valence-corrected chi connectivity index (χ3v) is 8.99. The van der Waals surface area contributed by atoms with Gasteiger partial charge in [-0.1, -0.05) is 30.3 Å². The summed E-state index contributed by atoms with van der Waals surface area (Å²) in [5, 5.41) is 10.6. The molecule has 9 heteroatoms. The van der Waals surface area contributed by atoms with E-state index in [4.69, 9.17) is 10.8 Å². The number of nitrogens with zero attached hydrogens (tertiary/aromatic N) is 4. The predicted molar refractivity (Wildman–Crippen MR) is 169 cm³/mol. The highest BCUT2D eigenvalue weighted by Gasteiger charge is 2.26. The number of unbranched alkanes of at least 4 members (excludes halogenated alkanes) is 1. The molecule has 1 atom stereocenters. The standard InChI is InChI=1S/C34H41N7O2/c1-23-20-26(4-5-27(23)21-35)29-12-15-36-31-22-41(39-33(29)31)17-3-2-16-40-18-13-25(14-19-40)24-6-8-28(9-7-24)37-30-10-11-32(42)38-34(30)43/h4-9,12,15,20,22,25,30,37H,2-3,10-11,13-14,16-19,21,35H2,1H3,(H,38,42,43). The molecule has 6 rings (SSSR count). The number of nitrogens with two attached hydrogens (primary N) is 1. The number of piperidine rings is 2. The van der Waals surface area contributed by atoms with Crippen molar-refractivity contribution in [2.75, 3.05) is 25.0 Å². The highest BCUT2D eigenvalue weighted by atomic mass is 16.2. The third kappa shape index (κ3) is 6.78. The molecule has 43 heavy (non-hydrogen) atoms. The van der Waals surface area contributed by atoms with Gasteiger partial charge in [0, 0.05) is 37.0 Å². The molecule has 224 valence electrons. The minimum absolute atomic E-state index is 0.191. The first-order valence-corrected chi connectivity index (χ1v) is 15.5. The first kappa shape index (κ1) is 29.0. The number of rotatable bonds is 10. The number of aryl methyl sites for hydroxylation is 2. The fourth-order valence-electron chi connectivity index (χ4n) is 6.39. The summed E-state index contributed by atoms with van der Waals surface area (Å²) < 4.78 is 2.05. The van der Waals surface area contributed by atoms with Gasteiger partial charge in [-0.05, 0) is 105 Å². The van der Waals surface area contributed by atoms with Crippen LogP contribution in [-0.4, -0.2) is 57.2 Å². The second kappa shape index (κ2) is 13.1. The first-order valence-electron chi connectivity index (χ1n) is 15.5. The zero-order valence-corrected chi connectivity index (χ0v) is 24.9. The molecule has 4 aromatic rings. The number of likely N-dealkylation sites (tertiary alicyclic amines) is 1. The van der Waals surface area contributed by atoms with Gasteiger partial charge in [0.05, 0.1) is 6.20 Å². The number of benzene rings is 2. The lowest BCUT2D eigenvalue weighted by Gasteiger charge is -2.32. The summed E-state index contributed by atoms with van der Waals surface area (Å²) in [5.41, 5.74) is 14.6. The van der Waals surface area contributed by atoms with E-state index in [2.05, 4.69) is 76.1 Å². The molecule has 0 saturated carbocycles. The molecule has 2 aromatic carbocycles. The van der Waals surface area contributed by atoms with Crippen LogP contribution in [0.4, 0.5) is 5.69 Å². The second-order valence-electron chi connectivity index (χ2n) is 11.9. The molecule has 4 heterocycles. The van der Waals surface area contributed by atoms with Crippen molar-refractivity contribution in [1.82, 2.24) is 25.0 Å². The van der Waals surface area contributed by atoms with Crippen LogP contribution in [0.15, 0.2) is 60.9 Å². The summed E-state index contributed by atoms with van der Waals surface area (Å²) in [5.74, 6) is 0.135. The molecule has 2 aromatic heterocycles. The Labute approximate surface area is 252 Å². The van der Waals surface area contributed by atoms with Crippen molar-refractivity contribution in [1.29, 1.82) is 0 Å². The molecule has 1 unspecified atom stereocenters. The topological polar surface area (TPSA) is 118 Å². The molecule has 9 nitrogen and oxygen atoms in total. The Hall–Kier alpha value is -4.08. The lowest BCUT2D eigenvalue weighted by Crippen LogP contribution is -2.47. The van der Waals surface area contributed by atoms with Crippen LogP contribution >= 0.6 is 0 Å². The molecule has 0 aliphatic carbocycles. The Bertz CT molecular complexity index is 1590. The van der Waals surface area contributed by atoms with Gasteiger partial charge in [0.1, 0.15) is 17.1 Å². The van der Waals surface area contributed by atoms with Gasteiger partial charge < -0.3 is 16.0 Å². The Morgan fingerprint density at radius 1 is 1.00 bits per heavy atom. The van der Waals surface area contributed by atoms with Crippen LogP contribution in [0, 0.1) is 6.92 Å². The summed E-state index contributed by atoms with van der Waals surface area (Å²) in [4.78, 5) is 30.6. The van der Waals surface area contributed by atoms with Gasteiger partial charge in [-0.2, -0.15) is 5.10 Å². The predicted octanol–water partition coefficient (Wildman–Crippen LogP) is 4.74. The third-order valence-electron chi connectivity index (χ3n) is 8.99. The summed E-state index contributed by atoms with van der Waals surface area (Å²) in [7, 11) is 0. The monoisotopic (exact) mass is 579 g/mol. The number of pyridine rings is 1. The molecular formula is C34H41N7O2. The fourth-order valence-corrected chi connectivity index (χ4v) is 6.39. The van der Waals surface area contributed by atoms with Gasteiger partial charge in [-0.3, -0.25) is 24.6 Å². The van der Waals surface area contributed by atoms with Gasteiger partial charge in [0.2, 0.25) is 11.8 Å². The Balaban J connectivity index is 0.954. The molecule has 0 radical (unpaired) electrons. The minimum atomic E-state index is -0.350. The van der Waals surface area contributed by atoms with E-state index < -0.39 is 0 Å². The number of imide groups is 1. The normalized spacial score (nSPS) is 18.2. The number of aromatic nitrogens is 3. The van der Waals surface area contributed by atoms with E-state index in [0.717, 1.165) is 79.7 Å². The number of nitrogens with one attached hydrogen (secondary N) is 2. The molecule has 2 aliphatic heterocycles. The van der Waals surface area contributed by atoms with Crippen molar-refractivity contribution in [2.24, 2.45) is 5.73 Å². The van der Waals surface area contributed by atoms with Crippen LogP contribution in [0.25, 0.3) is 22.2 Å². The Morgan fingerprint density at radius 3 is 2.53 bits per heavy atom. The second-order valence-corrected chi connectivity index (χ2v) is 11.9. The SMILES string of the molecule is Cc1cc(-c2ccnc3cn(CCCCN4CCC(c5ccc(NC6CCC(=O)NC6=O)cc5)CC4)nc23)ccc1CN. The number of carbonyl (C=O) groups excluding carboxylic acids is 2. The van der Waals surface area contributed by atoms with Crippen LogP contribution in [0.3, 0.4) is 0 Å². The molecular weight excluding hydrogens is 538 g/mol. The molecule has 2 amide bonds. The number of amides is 2. The van der Waals surface area contributed by atoms with E-state index in [1.54, 1.807) is 0 Å². The van der Waals surface area contributed by atoms with Crippen molar-refractivity contribution in [3.05, 3.63) is 77.6 Å². The zero-order chi connectivity index (χ0) is 29.8. The lowest BCUT2D eigenvalue weighted by atomic mass is 9.89. The number of carbonyl (C=O) groups is 2. The van der Waals surface area contributed by atoms with Crippen molar-refractivity contribution in [2.45, 2.75) is 70.5 Å². The van der Waals surface area contributed by atoms with Crippen molar-refractivity contribution >= 4 is 28.5 Å². The van der Waals surface area contributed by atoms with Gasteiger partial charge in [0.15, 0.2) is 0 Å². The molecule has 0 bridgehead atoms. The molecule has 0 spiro atoms. The van der Waals surface area contributed by atoms with Crippen LogP contribution in [-0.2, 0) is 22.7 Å². The first-order chi connectivity index (χ1) is 21.0. The molecule has 2 aliphatic rings. The van der Waals surface area contributed by atoms with E-state index in [1.807, 2.05) is 16.9 Å². The molecule has 2 fully saturated rings. The van der Waals surface area contributed by atoms with E-state index in [1.165, 1.54) is 16.7 Å². The average molecular weight is 580 g/mol. The van der Waals surface area contributed by atoms with Crippen molar-refractivity contribution in [3.8, 4) is 11.1 Å². The van der Waals surface area contributed by atoms with Crippen LogP contribution in [0.1, 0.15) is 61.1 Å². The Kier molecular flexibility index (Phi) is 8.81. The highest BCUT2D eigenvalue weighted by Crippen LogP contribution is 2.30. The van der Waals surface area contributed by atoms with Gasteiger partial charge in [-0.25, -0.2) is 0 Å². The highest BCUT2D eigenvalue weighted by molar-refractivity contribution is 6.01. The maximum atomic E-state index is 12.0. The van der Waals surface area contributed by atoms with Gasteiger partial charge in [0.25, 0.3) is 0 Å². The maximum absolute atomic E-state index is 12.0. The average Bonchev–Trinajstić information content (AvgIpc) is 3.45. The Morgan fingerprint density at radius 2 is 1.79 bits per heavy atom. The number of anilines is 1. The van der Waals surface area contributed by atoms with Crippen LogP contribution in [0.5, 0.6) is 0 Å². The minimum Gasteiger partial charge on any atom is -0.374 e. The summed E-state index contributed by atoms with van der Waals surface area (Å²) in [6.07, 6.45) is 9.38. The van der Waals surface area contributed by atoms with E-state index in [-0.39, 0.29) is 17.9 Å². The lowest BCUT2D eigenvalue weighted by molar-refractivity contribution is -0.133. The van der Waals surface area contributed by atoms with Crippen LogP contribution in [0.2, 0.25) is 0 Å². The smallest absolute Gasteiger partial charge is 0.249 e. The summed E-state index contributed by atoms with van der Waals surface area (Å²) in [6.45, 7) is 6.87. The molecule has 2 saturated heterocycles. The zero-order valence-electron chi connectivity index (χ0n) is 24.9. The largest absolute Gasteiger partial charge is 0.374 e. The van der Waals surface area contributed by atoms with E-state index in [0.29, 0.717) is 25.3 Å². The maximum Gasteiger partial charge on any atom is 0.249 e. The number of fused-ring (bicyclic) bond motifs is 1. The molecule has 4 N–H and O–H groups in total. The fraction of sp³-hybridized carbons (Fsp3) is 0.412. The van der Waals surface area contributed by atoms with Crippen molar-refractivity contribution < 1.29 is 9.59 Å². The van der Waals surface area contributed by atoms with Gasteiger partial charge in [-0.15, -0.1) is 0 Å². The number of hydrogen-bond donors (Lipinski definition) is 3. The van der Waals surface area contributed by atoms with Crippen LogP contribution < -0.4 is 16.4 Å².